The third-order valence-electron chi connectivity index (χ3n) is 5.19. The normalized spacial score (nSPS) is 10.8. The van der Waals surface area contributed by atoms with E-state index in [1.807, 2.05) is 43.1 Å². The van der Waals surface area contributed by atoms with Crippen LogP contribution in [0.15, 0.2) is 49.1 Å². The van der Waals surface area contributed by atoms with E-state index in [2.05, 4.69) is 32.1 Å². The van der Waals surface area contributed by atoms with Crippen LogP contribution in [0.5, 0.6) is 17.4 Å². The van der Waals surface area contributed by atoms with Crippen molar-refractivity contribution in [3.8, 4) is 39.9 Å². The molecule has 0 amide bonds. The number of ether oxygens (including phenoxy) is 2. The Morgan fingerprint density at radius 3 is 2.67 bits per heavy atom. The van der Waals surface area contributed by atoms with Crippen LogP contribution in [0.1, 0.15) is 25.5 Å². The highest BCUT2D eigenvalue weighted by Gasteiger charge is 2.15. The Morgan fingerprint density at radius 1 is 1.06 bits per heavy atom. The van der Waals surface area contributed by atoms with E-state index in [9.17, 15) is 0 Å². The van der Waals surface area contributed by atoms with Crippen LogP contribution in [-0.4, -0.2) is 50.8 Å². The molecule has 0 atom stereocenters. The number of aryl methyl sites for hydroxylation is 1. The van der Waals surface area contributed by atoms with Crippen molar-refractivity contribution in [2.75, 3.05) is 25.6 Å². The SMILES string of the molecule is CCCCN(C)c1ncc(-c2ccc(Oc3ccnc(-c4cn[nH]c4)c3)c(C)n2)c(OC)n1. The van der Waals surface area contributed by atoms with E-state index >= 15 is 0 Å². The summed E-state index contributed by atoms with van der Waals surface area (Å²) in [5, 5.41) is 6.76. The lowest BCUT2D eigenvalue weighted by Gasteiger charge is -2.18. The number of H-pyrrole nitrogens is 1. The zero-order chi connectivity index (χ0) is 23.2. The molecule has 4 heterocycles. The van der Waals surface area contributed by atoms with Gasteiger partial charge in [-0.3, -0.25) is 10.1 Å². The van der Waals surface area contributed by atoms with Gasteiger partial charge in [0.25, 0.3) is 0 Å². The number of pyridine rings is 2. The first-order valence-corrected chi connectivity index (χ1v) is 10.8. The molecule has 1 N–H and O–H groups in total. The zero-order valence-electron chi connectivity index (χ0n) is 19.2. The molecule has 9 nitrogen and oxygen atoms in total. The second kappa shape index (κ2) is 10.1. The Labute approximate surface area is 192 Å². The fourth-order valence-electron chi connectivity index (χ4n) is 3.32. The molecule has 33 heavy (non-hydrogen) atoms. The summed E-state index contributed by atoms with van der Waals surface area (Å²) in [6, 6.07) is 7.43. The monoisotopic (exact) mass is 445 g/mol. The summed E-state index contributed by atoms with van der Waals surface area (Å²) in [4.78, 5) is 20.2. The van der Waals surface area contributed by atoms with Gasteiger partial charge in [0, 0.05) is 43.8 Å². The minimum atomic E-state index is 0.489. The number of anilines is 1. The number of aromatic nitrogens is 6. The molecule has 4 rings (SSSR count). The van der Waals surface area contributed by atoms with Gasteiger partial charge in [0.05, 0.1) is 36.0 Å². The number of unbranched alkanes of at least 4 members (excludes halogenated alkanes) is 1. The maximum absolute atomic E-state index is 6.08. The fraction of sp³-hybridized carbons (Fsp3) is 0.292. The molecular formula is C24H27N7O2. The summed E-state index contributed by atoms with van der Waals surface area (Å²) >= 11 is 0. The van der Waals surface area contributed by atoms with E-state index in [1.165, 1.54) is 0 Å². The van der Waals surface area contributed by atoms with Gasteiger partial charge in [-0.1, -0.05) is 13.3 Å². The van der Waals surface area contributed by atoms with Gasteiger partial charge in [0.2, 0.25) is 11.8 Å². The van der Waals surface area contributed by atoms with Crippen LogP contribution in [0.2, 0.25) is 0 Å². The first-order chi connectivity index (χ1) is 16.1. The summed E-state index contributed by atoms with van der Waals surface area (Å²) in [6.45, 7) is 4.95. The Morgan fingerprint density at radius 2 is 1.94 bits per heavy atom. The molecule has 9 heteroatoms. The molecule has 0 aliphatic rings. The van der Waals surface area contributed by atoms with Crippen molar-refractivity contribution in [1.29, 1.82) is 0 Å². The van der Waals surface area contributed by atoms with Gasteiger partial charge >= 0.3 is 0 Å². The Hall–Kier alpha value is -4.01. The lowest BCUT2D eigenvalue weighted by molar-refractivity contribution is 0.398. The number of nitrogens with one attached hydrogen (secondary N) is 1. The van der Waals surface area contributed by atoms with Crippen molar-refractivity contribution >= 4 is 5.95 Å². The van der Waals surface area contributed by atoms with Gasteiger partial charge in [0.15, 0.2) is 0 Å². The Balaban J connectivity index is 1.56. The van der Waals surface area contributed by atoms with E-state index in [0.717, 1.165) is 41.9 Å². The van der Waals surface area contributed by atoms with Crippen LogP contribution in [0.25, 0.3) is 22.5 Å². The number of hydrogen-bond acceptors (Lipinski definition) is 8. The van der Waals surface area contributed by atoms with E-state index in [0.29, 0.717) is 29.0 Å². The molecule has 0 saturated heterocycles. The Kier molecular flexibility index (Phi) is 6.77. The number of aromatic amines is 1. The van der Waals surface area contributed by atoms with Crippen molar-refractivity contribution in [1.82, 2.24) is 30.1 Å². The summed E-state index contributed by atoms with van der Waals surface area (Å²) in [7, 11) is 3.59. The molecule has 0 bridgehead atoms. The summed E-state index contributed by atoms with van der Waals surface area (Å²) < 4.78 is 11.6. The van der Waals surface area contributed by atoms with Gasteiger partial charge in [0.1, 0.15) is 11.5 Å². The van der Waals surface area contributed by atoms with Crippen molar-refractivity contribution in [3.63, 3.8) is 0 Å². The standard InChI is InChI=1S/C24H27N7O2/c1-5-6-11-31(3)24-26-15-19(23(30-24)32-4)20-7-8-22(16(2)29-20)33-18-9-10-25-21(12-18)17-13-27-28-14-17/h7-10,12-15H,5-6,11H2,1-4H3,(H,27,28). The van der Waals surface area contributed by atoms with Crippen molar-refractivity contribution in [2.45, 2.75) is 26.7 Å². The lowest BCUT2D eigenvalue weighted by Crippen LogP contribution is -2.21. The predicted molar refractivity (Wildman–Crippen MR) is 127 cm³/mol. The fourth-order valence-corrected chi connectivity index (χ4v) is 3.32. The maximum Gasteiger partial charge on any atom is 0.228 e. The van der Waals surface area contributed by atoms with E-state index < -0.39 is 0 Å². The van der Waals surface area contributed by atoms with E-state index in [4.69, 9.17) is 14.5 Å². The van der Waals surface area contributed by atoms with Crippen LogP contribution in [-0.2, 0) is 0 Å². The zero-order valence-corrected chi connectivity index (χ0v) is 19.2. The number of rotatable bonds is 9. The van der Waals surface area contributed by atoms with Crippen molar-refractivity contribution < 1.29 is 9.47 Å². The molecule has 4 aromatic heterocycles. The molecule has 0 saturated carbocycles. The summed E-state index contributed by atoms with van der Waals surface area (Å²) in [6.07, 6.45) is 9.16. The third kappa shape index (κ3) is 5.08. The second-order valence-corrected chi connectivity index (χ2v) is 7.61. The van der Waals surface area contributed by atoms with Gasteiger partial charge in [-0.25, -0.2) is 9.97 Å². The van der Waals surface area contributed by atoms with Crippen molar-refractivity contribution in [2.24, 2.45) is 0 Å². The highest BCUT2D eigenvalue weighted by atomic mass is 16.5. The van der Waals surface area contributed by atoms with Crippen LogP contribution in [0, 0.1) is 6.92 Å². The molecule has 170 valence electrons. The van der Waals surface area contributed by atoms with Gasteiger partial charge in [-0.15, -0.1) is 0 Å². The highest BCUT2D eigenvalue weighted by Crippen LogP contribution is 2.32. The third-order valence-corrected chi connectivity index (χ3v) is 5.19. The minimum Gasteiger partial charge on any atom is -0.480 e. The highest BCUT2D eigenvalue weighted by molar-refractivity contribution is 5.66. The first kappa shape index (κ1) is 22.2. The predicted octanol–water partition coefficient (Wildman–Crippen LogP) is 4.67. The van der Waals surface area contributed by atoms with Crippen molar-refractivity contribution in [3.05, 3.63) is 54.7 Å². The Bertz CT molecular complexity index is 1210. The smallest absolute Gasteiger partial charge is 0.228 e. The van der Waals surface area contributed by atoms with Crippen LogP contribution >= 0.6 is 0 Å². The second-order valence-electron chi connectivity index (χ2n) is 7.61. The number of hydrogen-bond donors (Lipinski definition) is 1. The molecule has 0 spiro atoms. The summed E-state index contributed by atoms with van der Waals surface area (Å²) in [5.41, 5.74) is 3.84. The quantitative estimate of drug-likeness (QED) is 0.397. The molecule has 0 radical (unpaired) electrons. The van der Waals surface area contributed by atoms with E-state index in [1.54, 1.807) is 31.9 Å². The van der Waals surface area contributed by atoms with Crippen LogP contribution < -0.4 is 14.4 Å². The average molecular weight is 446 g/mol. The number of nitrogens with zero attached hydrogens (tertiary/aromatic N) is 6. The lowest BCUT2D eigenvalue weighted by atomic mass is 10.2. The summed E-state index contributed by atoms with van der Waals surface area (Å²) in [5.74, 6) is 2.44. The van der Waals surface area contributed by atoms with Gasteiger partial charge in [-0.05, 0) is 31.5 Å². The molecule has 0 fully saturated rings. The molecule has 0 aliphatic carbocycles. The minimum absolute atomic E-state index is 0.489. The average Bonchev–Trinajstić information content (AvgIpc) is 3.39. The van der Waals surface area contributed by atoms with E-state index in [-0.39, 0.29) is 0 Å². The van der Waals surface area contributed by atoms with Crippen LogP contribution in [0.3, 0.4) is 0 Å². The molecule has 0 unspecified atom stereocenters. The molecule has 0 aromatic carbocycles. The topological polar surface area (TPSA) is 102 Å². The van der Waals surface area contributed by atoms with Gasteiger partial charge in [-0.2, -0.15) is 10.1 Å². The molecule has 4 aromatic rings. The largest absolute Gasteiger partial charge is 0.480 e. The van der Waals surface area contributed by atoms with Gasteiger partial charge < -0.3 is 14.4 Å². The molecular weight excluding hydrogens is 418 g/mol. The van der Waals surface area contributed by atoms with Crippen LogP contribution in [0.4, 0.5) is 5.95 Å². The first-order valence-electron chi connectivity index (χ1n) is 10.8. The molecule has 0 aliphatic heterocycles. The number of methoxy groups -OCH3 is 1. The maximum atomic E-state index is 6.08.